The molecule has 2 rings (SSSR count). The number of hydrogen-bond donors (Lipinski definition) is 0. The highest BCUT2D eigenvalue weighted by Gasteiger charge is 2.53. The Morgan fingerprint density at radius 1 is 1.26 bits per heavy atom. The number of ether oxygens (including phenoxy) is 2. The fraction of sp³-hybridized carbons (Fsp3) is 0.625. The summed E-state index contributed by atoms with van der Waals surface area (Å²) >= 11 is 0. The van der Waals surface area contributed by atoms with Gasteiger partial charge in [-0.15, -0.1) is 0 Å². The number of halogens is 1. The van der Waals surface area contributed by atoms with E-state index in [-0.39, 0.29) is 16.8 Å². The summed E-state index contributed by atoms with van der Waals surface area (Å²) in [4.78, 5) is 0. The molecule has 0 saturated carbocycles. The van der Waals surface area contributed by atoms with Gasteiger partial charge >= 0.3 is 0 Å². The van der Waals surface area contributed by atoms with E-state index in [2.05, 4.69) is 20.8 Å². The highest BCUT2D eigenvalue weighted by molar-refractivity contribution is 5.23. The molecular weight excluding hydrogens is 243 g/mol. The Kier molecular flexibility index (Phi) is 4.14. The minimum atomic E-state index is -0.292. The molecule has 0 N–H and O–H groups in total. The van der Waals surface area contributed by atoms with Crippen molar-refractivity contribution in [3.8, 4) is 5.75 Å². The van der Waals surface area contributed by atoms with E-state index in [4.69, 9.17) is 9.47 Å². The van der Waals surface area contributed by atoms with Gasteiger partial charge in [0.25, 0.3) is 0 Å². The zero-order valence-electron chi connectivity index (χ0n) is 12.0. The quantitative estimate of drug-likeness (QED) is 0.569. The third-order valence-electron chi connectivity index (χ3n) is 3.93. The van der Waals surface area contributed by atoms with Crippen LogP contribution >= 0.6 is 0 Å². The zero-order chi connectivity index (χ0) is 13.9. The van der Waals surface area contributed by atoms with E-state index < -0.39 is 0 Å². The molecule has 1 aromatic rings. The smallest absolute Gasteiger partial charge is 0.165 e. The first-order valence-corrected chi connectivity index (χ1v) is 6.96. The molecule has 0 spiro atoms. The van der Waals surface area contributed by atoms with Crippen molar-refractivity contribution < 1.29 is 13.9 Å². The Balaban J connectivity index is 1.67. The number of rotatable bonds is 6. The SMILES string of the molecule is CC(C)(C)C1(CCCCOc2ccccc2F)CO1. The lowest BCUT2D eigenvalue weighted by molar-refractivity contribution is 0.139. The summed E-state index contributed by atoms with van der Waals surface area (Å²) in [7, 11) is 0. The van der Waals surface area contributed by atoms with Crippen LogP contribution in [0.25, 0.3) is 0 Å². The van der Waals surface area contributed by atoms with E-state index in [1.165, 1.54) is 6.07 Å². The van der Waals surface area contributed by atoms with Crippen molar-refractivity contribution in [3.05, 3.63) is 30.1 Å². The Morgan fingerprint density at radius 2 is 1.95 bits per heavy atom. The van der Waals surface area contributed by atoms with Gasteiger partial charge in [0.15, 0.2) is 11.6 Å². The second-order valence-corrected chi connectivity index (χ2v) is 6.27. The van der Waals surface area contributed by atoms with Gasteiger partial charge < -0.3 is 9.47 Å². The summed E-state index contributed by atoms with van der Waals surface area (Å²) in [6.45, 7) is 8.08. The lowest BCUT2D eigenvalue weighted by atomic mass is 9.78. The number of hydrogen-bond acceptors (Lipinski definition) is 2. The Bertz CT molecular complexity index is 419. The Morgan fingerprint density at radius 3 is 2.53 bits per heavy atom. The Hall–Kier alpha value is -1.09. The van der Waals surface area contributed by atoms with Crippen molar-refractivity contribution in [2.24, 2.45) is 5.41 Å². The minimum absolute atomic E-state index is 0.0605. The van der Waals surface area contributed by atoms with E-state index in [1.807, 2.05) is 0 Å². The van der Waals surface area contributed by atoms with Crippen LogP contribution in [0.3, 0.4) is 0 Å². The molecule has 106 valence electrons. The molecule has 1 heterocycles. The van der Waals surface area contributed by atoms with Gasteiger partial charge in [0, 0.05) is 0 Å². The van der Waals surface area contributed by atoms with E-state index in [1.54, 1.807) is 18.2 Å². The van der Waals surface area contributed by atoms with Gasteiger partial charge in [0.1, 0.15) is 0 Å². The second kappa shape index (κ2) is 5.49. The van der Waals surface area contributed by atoms with E-state index in [0.717, 1.165) is 25.9 Å². The van der Waals surface area contributed by atoms with Crippen LogP contribution in [0.5, 0.6) is 5.75 Å². The maximum absolute atomic E-state index is 13.3. The largest absolute Gasteiger partial charge is 0.491 e. The molecule has 0 bridgehead atoms. The number of benzene rings is 1. The van der Waals surface area contributed by atoms with E-state index in [0.29, 0.717) is 12.4 Å². The molecule has 0 radical (unpaired) electrons. The van der Waals surface area contributed by atoms with Gasteiger partial charge in [-0.1, -0.05) is 32.9 Å². The van der Waals surface area contributed by atoms with Gasteiger partial charge in [-0.25, -0.2) is 4.39 Å². The first-order chi connectivity index (χ1) is 8.95. The van der Waals surface area contributed by atoms with E-state index >= 15 is 0 Å². The molecule has 0 aromatic heterocycles. The van der Waals surface area contributed by atoms with Crippen molar-refractivity contribution in [3.63, 3.8) is 0 Å². The summed E-state index contributed by atoms with van der Waals surface area (Å²) in [5.74, 6) is 0.0508. The van der Waals surface area contributed by atoms with Gasteiger partial charge in [-0.05, 0) is 36.8 Å². The number of para-hydroxylation sites is 1. The van der Waals surface area contributed by atoms with Crippen LogP contribution in [-0.2, 0) is 4.74 Å². The molecule has 1 aliphatic rings. The van der Waals surface area contributed by atoms with E-state index in [9.17, 15) is 4.39 Å². The highest BCUT2D eigenvalue weighted by atomic mass is 19.1. The van der Waals surface area contributed by atoms with Crippen LogP contribution in [0.4, 0.5) is 4.39 Å². The van der Waals surface area contributed by atoms with Crippen molar-refractivity contribution in [2.45, 2.75) is 45.6 Å². The molecule has 3 heteroatoms. The molecule has 1 fully saturated rings. The molecule has 1 atom stereocenters. The number of epoxide rings is 1. The standard InChI is InChI=1S/C16H23FO2/c1-15(2,3)16(12-19-16)10-6-7-11-18-14-9-5-4-8-13(14)17/h4-5,8-9H,6-7,10-12H2,1-3H3. The van der Waals surface area contributed by atoms with Gasteiger partial charge in [0.05, 0.1) is 18.8 Å². The third-order valence-corrected chi connectivity index (χ3v) is 3.93. The molecule has 19 heavy (non-hydrogen) atoms. The topological polar surface area (TPSA) is 21.8 Å². The van der Waals surface area contributed by atoms with Crippen molar-refractivity contribution in [2.75, 3.05) is 13.2 Å². The van der Waals surface area contributed by atoms with Crippen LogP contribution in [0.15, 0.2) is 24.3 Å². The van der Waals surface area contributed by atoms with Gasteiger partial charge in [-0.2, -0.15) is 0 Å². The average molecular weight is 266 g/mol. The Labute approximate surface area is 114 Å². The van der Waals surface area contributed by atoms with Crippen molar-refractivity contribution in [1.82, 2.24) is 0 Å². The summed E-state index contributed by atoms with van der Waals surface area (Å²) in [5, 5.41) is 0. The van der Waals surface area contributed by atoms with Crippen LogP contribution in [-0.4, -0.2) is 18.8 Å². The fourth-order valence-corrected chi connectivity index (χ4v) is 2.30. The molecule has 1 saturated heterocycles. The van der Waals surface area contributed by atoms with Gasteiger partial charge in [-0.3, -0.25) is 0 Å². The first kappa shape index (κ1) is 14.3. The monoisotopic (exact) mass is 266 g/mol. The lowest BCUT2D eigenvalue weighted by Crippen LogP contribution is -2.30. The molecule has 0 amide bonds. The van der Waals surface area contributed by atoms with Gasteiger partial charge in [0.2, 0.25) is 0 Å². The van der Waals surface area contributed by atoms with Crippen LogP contribution in [0.1, 0.15) is 40.0 Å². The second-order valence-electron chi connectivity index (χ2n) is 6.27. The molecular formula is C16H23FO2. The summed E-state index contributed by atoms with van der Waals surface area (Å²) in [5.41, 5.74) is 0.254. The molecule has 1 aliphatic heterocycles. The number of unbranched alkanes of at least 4 members (excludes halogenated alkanes) is 1. The maximum Gasteiger partial charge on any atom is 0.165 e. The van der Waals surface area contributed by atoms with Crippen LogP contribution in [0.2, 0.25) is 0 Å². The molecule has 0 aliphatic carbocycles. The third kappa shape index (κ3) is 3.47. The van der Waals surface area contributed by atoms with Crippen LogP contribution in [0, 0.1) is 11.2 Å². The predicted molar refractivity (Wildman–Crippen MR) is 73.9 cm³/mol. The lowest BCUT2D eigenvalue weighted by Gasteiger charge is -2.27. The predicted octanol–water partition coefficient (Wildman–Crippen LogP) is 4.19. The minimum Gasteiger partial charge on any atom is -0.491 e. The zero-order valence-corrected chi connectivity index (χ0v) is 12.0. The normalized spacial score (nSPS) is 22.3. The summed E-state index contributed by atoms with van der Waals surface area (Å²) < 4.78 is 24.4. The first-order valence-electron chi connectivity index (χ1n) is 6.96. The maximum atomic E-state index is 13.3. The molecule has 1 aromatic carbocycles. The fourth-order valence-electron chi connectivity index (χ4n) is 2.30. The summed E-state index contributed by atoms with van der Waals surface area (Å²) in [6, 6.07) is 6.53. The molecule has 2 nitrogen and oxygen atoms in total. The average Bonchev–Trinajstić information content (AvgIpc) is 3.11. The van der Waals surface area contributed by atoms with Crippen molar-refractivity contribution >= 4 is 0 Å². The summed E-state index contributed by atoms with van der Waals surface area (Å²) in [6.07, 6.45) is 3.03. The van der Waals surface area contributed by atoms with Crippen LogP contribution < -0.4 is 4.74 Å². The highest BCUT2D eigenvalue weighted by Crippen LogP contribution is 2.47. The molecule has 1 unspecified atom stereocenters. The van der Waals surface area contributed by atoms with Crippen molar-refractivity contribution in [1.29, 1.82) is 0 Å².